The molecule has 1 aliphatic heterocycles. The Morgan fingerprint density at radius 1 is 1.56 bits per heavy atom. The van der Waals surface area contributed by atoms with Crippen LogP contribution in [0.3, 0.4) is 0 Å². The zero-order valence-electron chi connectivity index (χ0n) is 10.3. The zero-order chi connectivity index (χ0) is 12.6. The molecular weight excluding hydrogens is 294 g/mol. The molecule has 4 heteroatoms. The van der Waals surface area contributed by atoms with E-state index in [0.717, 1.165) is 11.8 Å². The Bertz CT molecular complexity index is 534. The fourth-order valence-corrected chi connectivity index (χ4v) is 8.02. The number of nitrogens with zero attached hydrogens (tertiary/aromatic N) is 1. The van der Waals surface area contributed by atoms with Gasteiger partial charge in [0.15, 0.2) is 5.72 Å². The normalized spacial score (nSPS) is 66.1. The highest BCUT2D eigenvalue weighted by Crippen LogP contribution is 2.86. The number of aliphatic hydroxyl groups is 1. The third-order valence-corrected chi connectivity index (χ3v) is 8.10. The molecule has 1 amide bonds. The number of hydrogen-bond acceptors (Lipinski definition) is 2. The molecule has 3 nitrogen and oxygen atoms in total. The summed E-state index contributed by atoms with van der Waals surface area (Å²) in [4.78, 5) is 14.2. The third-order valence-electron chi connectivity index (χ3n) is 7.17. The fraction of sp³-hybridized carbons (Fsp3) is 0.786. The third kappa shape index (κ3) is 0.587. The summed E-state index contributed by atoms with van der Waals surface area (Å²) in [5.74, 6) is 2.43. The van der Waals surface area contributed by atoms with Crippen LogP contribution < -0.4 is 0 Å². The molecule has 5 fully saturated rings. The minimum absolute atomic E-state index is 0.0300. The van der Waals surface area contributed by atoms with Gasteiger partial charge in [-0.2, -0.15) is 0 Å². The Kier molecular flexibility index (Phi) is 1.43. The van der Waals surface area contributed by atoms with Crippen molar-refractivity contribution in [3.05, 3.63) is 12.2 Å². The van der Waals surface area contributed by atoms with Crippen LogP contribution in [-0.4, -0.2) is 34.0 Å². The summed E-state index contributed by atoms with van der Waals surface area (Å²) in [7, 11) is 1.79. The lowest BCUT2D eigenvalue weighted by Gasteiger charge is -2.51. The summed E-state index contributed by atoms with van der Waals surface area (Å²) in [6.45, 7) is 4.23. The first-order valence-electron chi connectivity index (χ1n) is 6.76. The average molecular weight is 310 g/mol. The van der Waals surface area contributed by atoms with Crippen molar-refractivity contribution in [1.29, 1.82) is 0 Å². The SMILES string of the molecule is C=C1C2C3CC4C2C1C1(O)N(C)C(=O)C3C41CBr. The van der Waals surface area contributed by atoms with Gasteiger partial charge in [0.25, 0.3) is 0 Å². The number of amides is 1. The van der Waals surface area contributed by atoms with Crippen molar-refractivity contribution in [2.45, 2.75) is 12.1 Å². The van der Waals surface area contributed by atoms with Crippen LogP contribution in [0.1, 0.15) is 6.42 Å². The summed E-state index contributed by atoms with van der Waals surface area (Å²) in [6.07, 6.45) is 1.13. The quantitative estimate of drug-likeness (QED) is 0.584. The minimum atomic E-state index is -0.966. The first-order valence-corrected chi connectivity index (χ1v) is 7.88. The van der Waals surface area contributed by atoms with Crippen LogP contribution in [0.2, 0.25) is 0 Å². The molecule has 4 aliphatic carbocycles. The van der Waals surface area contributed by atoms with Gasteiger partial charge in [-0.3, -0.25) is 4.79 Å². The molecule has 8 atom stereocenters. The highest BCUT2D eigenvalue weighted by atomic mass is 79.9. The lowest BCUT2D eigenvalue weighted by molar-refractivity contribution is -0.169. The van der Waals surface area contributed by atoms with Crippen LogP contribution in [-0.2, 0) is 4.79 Å². The van der Waals surface area contributed by atoms with E-state index in [1.807, 2.05) is 0 Å². The van der Waals surface area contributed by atoms with Gasteiger partial charge in [-0.15, -0.1) is 0 Å². The van der Waals surface area contributed by atoms with Crippen molar-refractivity contribution in [2.75, 3.05) is 12.4 Å². The van der Waals surface area contributed by atoms with Crippen LogP contribution in [0.25, 0.3) is 0 Å². The highest BCUT2D eigenvalue weighted by molar-refractivity contribution is 9.09. The van der Waals surface area contributed by atoms with Crippen LogP contribution in [0.4, 0.5) is 0 Å². The monoisotopic (exact) mass is 309 g/mol. The van der Waals surface area contributed by atoms with E-state index in [1.165, 1.54) is 5.57 Å². The van der Waals surface area contributed by atoms with E-state index in [9.17, 15) is 9.90 Å². The second-order valence-electron chi connectivity index (χ2n) is 6.94. The maximum absolute atomic E-state index is 12.6. The number of fused-ring (bicyclic) bond motifs is 4. The molecule has 0 radical (unpaired) electrons. The van der Waals surface area contributed by atoms with E-state index in [2.05, 4.69) is 22.5 Å². The second kappa shape index (κ2) is 2.47. The van der Waals surface area contributed by atoms with E-state index in [4.69, 9.17) is 0 Å². The molecular formula is C14H16BrNO2. The minimum Gasteiger partial charge on any atom is -0.369 e. The first-order chi connectivity index (χ1) is 8.51. The Morgan fingerprint density at radius 2 is 2.28 bits per heavy atom. The standard InChI is InChI=1S/C14H16BrNO2/c1-5-8-6-3-7-9(8)10(5)14(18)13(7,4-15)11(6)12(17)16(14)2/h6-11,18H,1,3-4H2,2H3. The molecule has 5 aliphatic rings. The Hall–Kier alpha value is -0.350. The second-order valence-corrected chi connectivity index (χ2v) is 7.50. The van der Waals surface area contributed by atoms with Crippen molar-refractivity contribution in [3.63, 3.8) is 0 Å². The summed E-state index contributed by atoms with van der Waals surface area (Å²) in [5.41, 5.74) is 0.0148. The number of likely N-dealkylation sites (tertiary alicyclic amines) is 1. The van der Waals surface area contributed by atoms with Gasteiger partial charge in [0, 0.05) is 23.7 Å². The van der Waals surface area contributed by atoms with E-state index >= 15 is 0 Å². The molecule has 0 aromatic heterocycles. The van der Waals surface area contributed by atoms with Gasteiger partial charge in [0.2, 0.25) is 5.91 Å². The topological polar surface area (TPSA) is 40.5 Å². The van der Waals surface area contributed by atoms with Crippen LogP contribution >= 0.6 is 15.9 Å². The van der Waals surface area contributed by atoms with Gasteiger partial charge in [0.05, 0.1) is 5.92 Å². The van der Waals surface area contributed by atoms with Gasteiger partial charge >= 0.3 is 0 Å². The molecule has 1 N–H and O–H groups in total. The van der Waals surface area contributed by atoms with Crippen LogP contribution in [0, 0.1) is 40.9 Å². The van der Waals surface area contributed by atoms with Crippen LogP contribution in [0.5, 0.6) is 0 Å². The smallest absolute Gasteiger partial charge is 0.228 e. The van der Waals surface area contributed by atoms with E-state index in [0.29, 0.717) is 23.7 Å². The maximum Gasteiger partial charge on any atom is 0.228 e. The average Bonchev–Trinajstić information content (AvgIpc) is 2.90. The van der Waals surface area contributed by atoms with Crippen molar-refractivity contribution in [3.8, 4) is 0 Å². The number of alkyl halides is 1. The maximum atomic E-state index is 12.6. The van der Waals surface area contributed by atoms with Gasteiger partial charge in [-0.05, 0) is 30.1 Å². The van der Waals surface area contributed by atoms with Gasteiger partial charge in [0.1, 0.15) is 0 Å². The summed E-state index contributed by atoms with van der Waals surface area (Å²) in [5, 5.41) is 12.1. The Labute approximate surface area is 114 Å². The Morgan fingerprint density at radius 3 is 2.94 bits per heavy atom. The van der Waals surface area contributed by atoms with Crippen molar-refractivity contribution >= 4 is 21.8 Å². The van der Waals surface area contributed by atoms with E-state index in [1.54, 1.807) is 11.9 Å². The molecule has 4 saturated carbocycles. The van der Waals surface area contributed by atoms with Crippen molar-refractivity contribution in [1.82, 2.24) is 4.90 Å². The van der Waals surface area contributed by atoms with Crippen LogP contribution in [0.15, 0.2) is 12.2 Å². The summed E-state index contributed by atoms with van der Waals surface area (Å²) < 4.78 is 0. The number of rotatable bonds is 1. The molecule has 1 saturated heterocycles. The largest absolute Gasteiger partial charge is 0.369 e. The number of carbonyl (C=O) groups excluding carboxylic acids is 1. The summed E-state index contributed by atoms with van der Waals surface area (Å²) >= 11 is 3.63. The lowest BCUT2D eigenvalue weighted by Crippen LogP contribution is -2.58. The summed E-state index contributed by atoms with van der Waals surface area (Å²) in [6, 6.07) is 0. The lowest BCUT2D eigenvalue weighted by atomic mass is 9.57. The highest BCUT2D eigenvalue weighted by Gasteiger charge is 2.90. The molecule has 1 heterocycles. The molecule has 0 aromatic carbocycles. The van der Waals surface area contributed by atoms with E-state index < -0.39 is 5.72 Å². The number of hydrogen-bond donors (Lipinski definition) is 1. The van der Waals surface area contributed by atoms with Crippen molar-refractivity contribution < 1.29 is 9.90 Å². The predicted molar refractivity (Wildman–Crippen MR) is 68.6 cm³/mol. The van der Waals surface area contributed by atoms with Gasteiger partial charge in [-0.1, -0.05) is 28.1 Å². The zero-order valence-corrected chi connectivity index (χ0v) is 11.9. The number of halogens is 1. The van der Waals surface area contributed by atoms with Gasteiger partial charge < -0.3 is 10.0 Å². The molecule has 0 aromatic rings. The molecule has 2 bridgehead atoms. The van der Waals surface area contributed by atoms with Crippen molar-refractivity contribution in [2.24, 2.45) is 40.9 Å². The molecule has 8 unspecified atom stereocenters. The molecule has 0 spiro atoms. The first kappa shape index (κ1) is 10.4. The predicted octanol–water partition coefficient (Wildman–Crippen LogP) is 1.23. The van der Waals surface area contributed by atoms with Gasteiger partial charge in [-0.25, -0.2) is 0 Å². The Balaban J connectivity index is 1.88. The molecule has 5 rings (SSSR count). The fourth-order valence-electron chi connectivity index (χ4n) is 6.84. The molecule has 18 heavy (non-hydrogen) atoms. The van der Waals surface area contributed by atoms with E-state index in [-0.39, 0.29) is 23.2 Å². The molecule has 96 valence electrons. The number of carbonyl (C=O) groups is 1.